The predicted octanol–water partition coefficient (Wildman–Crippen LogP) is 7.46. The highest BCUT2D eigenvalue weighted by Gasteiger charge is 2.18. The Labute approximate surface area is 261 Å². The van der Waals surface area contributed by atoms with Crippen molar-refractivity contribution in [1.29, 1.82) is 0 Å². The molecule has 0 fully saturated rings. The maximum Gasteiger partial charge on any atom is 0.343 e. The highest BCUT2D eigenvalue weighted by Crippen LogP contribution is 2.37. The summed E-state index contributed by atoms with van der Waals surface area (Å²) in [5.74, 6) is -1.41. The Hall–Kier alpha value is -4.91. The predicted molar refractivity (Wildman–Crippen MR) is 168 cm³/mol. The number of hydrogen-bond donors (Lipinski definition) is 2. The fourth-order valence-corrected chi connectivity index (χ4v) is 5.83. The lowest BCUT2D eigenvalue weighted by molar-refractivity contribution is -0.384. The number of carbonyl (C=O) groups excluding carboxylic acids is 3. The van der Waals surface area contributed by atoms with Gasteiger partial charge in [-0.05, 0) is 60.7 Å². The van der Waals surface area contributed by atoms with Gasteiger partial charge in [-0.25, -0.2) is 10.2 Å². The number of fused-ring (bicyclic) bond motifs is 1. The van der Waals surface area contributed by atoms with Crippen LogP contribution in [-0.4, -0.2) is 28.9 Å². The van der Waals surface area contributed by atoms with E-state index < -0.39 is 16.8 Å². The number of ether oxygens (including phenoxy) is 1. The van der Waals surface area contributed by atoms with Crippen molar-refractivity contribution < 1.29 is 24.0 Å². The third-order valence-corrected chi connectivity index (χ3v) is 8.16. The molecule has 0 atom stereocenters. The highest BCUT2D eigenvalue weighted by atomic mass is 79.9. The molecule has 0 radical (unpaired) electrons. The van der Waals surface area contributed by atoms with Crippen molar-refractivity contribution in [1.82, 2.24) is 5.43 Å². The molecular weight excluding hydrogens is 660 g/mol. The van der Waals surface area contributed by atoms with E-state index in [1.54, 1.807) is 36.4 Å². The third-order valence-electron chi connectivity index (χ3n) is 6.01. The van der Waals surface area contributed by atoms with Gasteiger partial charge in [0.15, 0.2) is 0 Å². The van der Waals surface area contributed by atoms with Crippen LogP contribution in [0, 0.1) is 10.1 Å². The van der Waals surface area contributed by atoms with Gasteiger partial charge in [0.25, 0.3) is 17.5 Å². The van der Waals surface area contributed by atoms with Gasteiger partial charge in [-0.15, -0.1) is 11.3 Å². The number of benzene rings is 4. The average molecular weight is 678 g/mol. The first-order valence-electron chi connectivity index (χ1n) is 12.4. The molecule has 0 saturated carbocycles. The summed E-state index contributed by atoms with van der Waals surface area (Å²) in [7, 11) is 0. The smallest absolute Gasteiger partial charge is 0.343 e. The van der Waals surface area contributed by atoms with Crippen LogP contribution in [-0.2, 0) is 0 Å². The summed E-state index contributed by atoms with van der Waals surface area (Å²) >= 11 is 11.1. The molecule has 0 spiro atoms. The van der Waals surface area contributed by atoms with Gasteiger partial charge >= 0.3 is 5.97 Å². The van der Waals surface area contributed by atoms with Gasteiger partial charge in [-0.3, -0.25) is 19.7 Å². The van der Waals surface area contributed by atoms with E-state index >= 15 is 0 Å². The topological polar surface area (TPSA) is 140 Å². The van der Waals surface area contributed by atoms with E-state index in [0.717, 1.165) is 14.6 Å². The molecular formula is C30H18BrClN4O6S. The lowest BCUT2D eigenvalue weighted by Crippen LogP contribution is -2.18. The standard InChI is InChI=1S/C30H18BrClN4O6S/c31-20-9-14-23-25(15-20)43-27(26(23)32)29(38)34-21-10-5-17(6-11-21)28(37)35-33-16-19-3-1-2-4-24(19)42-30(39)18-7-12-22(13-8-18)36(40)41/h1-16H,(H,34,38)(H,35,37)/b33-16-. The molecule has 2 amide bonds. The lowest BCUT2D eigenvalue weighted by atomic mass is 10.2. The fourth-order valence-electron chi connectivity index (χ4n) is 3.86. The Morgan fingerprint density at radius 3 is 2.35 bits per heavy atom. The molecule has 5 rings (SSSR count). The maximum absolute atomic E-state index is 12.8. The SMILES string of the molecule is O=C(N/N=C\c1ccccc1OC(=O)c1ccc([N+](=O)[O-])cc1)c1ccc(NC(=O)c2sc3cc(Br)ccc3c2Cl)cc1. The number of hydrazone groups is 1. The molecule has 214 valence electrons. The first kappa shape index (κ1) is 29.6. The van der Waals surface area contributed by atoms with Gasteiger partial charge in [-0.1, -0.05) is 45.7 Å². The Morgan fingerprint density at radius 1 is 0.930 bits per heavy atom. The number of hydrogen-bond acceptors (Lipinski definition) is 8. The zero-order valence-electron chi connectivity index (χ0n) is 21.7. The van der Waals surface area contributed by atoms with Crippen LogP contribution in [0.3, 0.4) is 0 Å². The van der Waals surface area contributed by atoms with Crippen molar-refractivity contribution in [3.05, 3.63) is 132 Å². The molecule has 0 aliphatic carbocycles. The van der Waals surface area contributed by atoms with Gasteiger partial charge < -0.3 is 10.1 Å². The number of nitro benzene ring substituents is 1. The number of halogens is 2. The van der Waals surface area contributed by atoms with Crippen LogP contribution >= 0.6 is 38.9 Å². The molecule has 13 heteroatoms. The quantitative estimate of drug-likeness (QED) is 0.0575. The summed E-state index contributed by atoms with van der Waals surface area (Å²) in [4.78, 5) is 48.6. The van der Waals surface area contributed by atoms with Crippen LogP contribution in [0.15, 0.2) is 101 Å². The molecule has 0 unspecified atom stereocenters. The van der Waals surface area contributed by atoms with Crippen LogP contribution in [0.4, 0.5) is 11.4 Å². The number of esters is 1. The number of amides is 2. The lowest BCUT2D eigenvalue weighted by Gasteiger charge is -2.07. The molecule has 1 heterocycles. The number of nitrogens with zero attached hydrogens (tertiary/aromatic N) is 2. The number of carbonyl (C=O) groups is 3. The van der Waals surface area contributed by atoms with Crippen LogP contribution in [0.5, 0.6) is 5.75 Å². The normalized spacial score (nSPS) is 10.9. The van der Waals surface area contributed by atoms with Gasteiger partial charge in [0, 0.05) is 43.5 Å². The van der Waals surface area contributed by atoms with E-state index in [4.69, 9.17) is 16.3 Å². The number of thiophene rings is 1. The summed E-state index contributed by atoms with van der Waals surface area (Å²) in [6.07, 6.45) is 1.32. The molecule has 4 aromatic carbocycles. The fraction of sp³-hybridized carbons (Fsp3) is 0. The van der Waals surface area contributed by atoms with E-state index in [1.807, 2.05) is 18.2 Å². The zero-order valence-corrected chi connectivity index (χ0v) is 24.9. The molecule has 1 aromatic heterocycles. The first-order valence-corrected chi connectivity index (χ1v) is 14.4. The minimum atomic E-state index is -0.713. The Balaban J connectivity index is 1.19. The van der Waals surface area contributed by atoms with Crippen molar-refractivity contribution in [3.63, 3.8) is 0 Å². The van der Waals surface area contributed by atoms with Crippen molar-refractivity contribution in [2.45, 2.75) is 0 Å². The van der Waals surface area contributed by atoms with E-state index in [2.05, 4.69) is 31.8 Å². The molecule has 43 heavy (non-hydrogen) atoms. The third kappa shape index (κ3) is 6.95. The monoisotopic (exact) mass is 676 g/mol. The summed E-state index contributed by atoms with van der Waals surface area (Å²) in [5.41, 5.74) is 3.56. The number of nitrogens with one attached hydrogen (secondary N) is 2. The summed E-state index contributed by atoms with van der Waals surface area (Å²) in [5, 5.41) is 18.7. The van der Waals surface area contributed by atoms with Crippen molar-refractivity contribution in [2.24, 2.45) is 5.10 Å². The summed E-state index contributed by atoms with van der Waals surface area (Å²) in [6.45, 7) is 0. The summed E-state index contributed by atoms with van der Waals surface area (Å²) < 4.78 is 7.19. The Bertz CT molecular complexity index is 1910. The molecule has 10 nitrogen and oxygen atoms in total. The molecule has 0 saturated heterocycles. The number of anilines is 1. The van der Waals surface area contributed by atoms with E-state index in [-0.39, 0.29) is 28.5 Å². The van der Waals surface area contributed by atoms with Crippen LogP contribution in [0.2, 0.25) is 5.02 Å². The molecule has 5 aromatic rings. The number of rotatable bonds is 8. The van der Waals surface area contributed by atoms with E-state index in [9.17, 15) is 24.5 Å². The van der Waals surface area contributed by atoms with Gasteiger partial charge in [0.1, 0.15) is 10.6 Å². The second-order valence-corrected chi connectivity index (χ2v) is 11.2. The van der Waals surface area contributed by atoms with E-state index in [0.29, 0.717) is 21.2 Å². The second kappa shape index (κ2) is 12.9. The number of nitro groups is 1. The average Bonchev–Trinajstić information content (AvgIpc) is 3.33. The van der Waals surface area contributed by atoms with Crippen LogP contribution in [0.25, 0.3) is 10.1 Å². The summed E-state index contributed by atoms with van der Waals surface area (Å²) in [6, 6.07) is 23.4. The molecule has 0 aliphatic rings. The molecule has 0 bridgehead atoms. The second-order valence-electron chi connectivity index (χ2n) is 8.85. The minimum absolute atomic E-state index is 0.130. The Morgan fingerprint density at radius 2 is 1.63 bits per heavy atom. The van der Waals surface area contributed by atoms with Gasteiger partial charge in [0.05, 0.1) is 21.7 Å². The largest absolute Gasteiger partial charge is 0.422 e. The first-order chi connectivity index (χ1) is 20.7. The van der Waals surface area contributed by atoms with Crippen LogP contribution < -0.4 is 15.5 Å². The van der Waals surface area contributed by atoms with Crippen molar-refractivity contribution in [2.75, 3.05) is 5.32 Å². The van der Waals surface area contributed by atoms with Crippen LogP contribution in [0.1, 0.15) is 36.0 Å². The molecule has 2 N–H and O–H groups in total. The van der Waals surface area contributed by atoms with E-state index in [1.165, 1.54) is 53.9 Å². The number of non-ortho nitro benzene ring substituents is 1. The Kier molecular flexibility index (Phi) is 8.90. The minimum Gasteiger partial charge on any atom is -0.422 e. The zero-order chi connectivity index (χ0) is 30.5. The van der Waals surface area contributed by atoms with Crippen molar-refractivity contribution >= 4 is 84.3 Å². The van der Waals surface area contributed by atoms with Gasteiger partial charge in [0.2, 0.25) is 0 Å². The highest BCUT2D eigenvalue weighted by molar-refractivity contribution is 9.10. The number of para-hydroxylation sites is 1. The maximum atomic E-state index is 12.8. The van der Waals surface area contributed by atoms with Crippen molar-refractivity contribution in [3.8, 4) is 5.75 Å². The molecule has 0 aliphatic heterocycles. The van der Waals surface area contributed by atoms with Gasteiger partial charge in [-0.2, -0.15) is 5.10 Å².